The number of methoxy groups -OCH3 is 1. The fourth-order valence-electron chi connectivity index (χ4n) is 2.39. The summed E-state index contributed by atoms with van der Waals surface area (Å²) in [4.78, 5) is 18.7. The minimum absolute atomic E-state index is 0.0854. The summed E-state index contributed by atoms with van der Waals surface area (Å²) in [6.45, 7) is 0.580. The molecule has 0 radical (unpaired) electrons. The summed E-state index contributed by atoms with van der Waals surface area (Å²) in [5, 5.41) is 2.03. The van der Waals surface area contributed by atoms with Gasteiger partial charge in [-0.15, -0.1) is 11.3 Å². The first-order chi connectivity index (χ1) is 12.7. The van der Waals surface area contributed by atoms with E-state index in [1.54, 1.807) is 23.3 Å². The van der Waals surface area contributed by atoms with Crippen molar-refractivity contribution in [3.8, 4) is 17.0 Å². The topological polar surface area (TPSA) is 42.4 Å². The van der Waals surface area contributed by atoms with Gasteiger partial charge in [-0.05, 0) is 17.7 Å². The zero-order valence-corrected chi connectivity index (χ0v) is 16.3. The Labute approximate surface area is 161 Å². The second kappa shape index (κ2) is 8.87. The van der Waals surface area contributed by atoms with Crippen LogP contribution in [0.4, 0.5) is 0 Å². The molecule has 0 aliphatic rings. The Morgan fingerprint density at radius 2 is 1.88 bits per heavy atom. The van der Waals surface area contributed by atoms with Crippen molar-refractivity contribution in [1.82, 2.24) is 9.88 Å². The Kier molecular flexibility index (Phi) is 6.30. The van der Waals surface area contributed by atoms with Crippen LogP contribution in [0.2, 0.25) is 0 Å². The Bertz CT molecular complexity index is 848. The molecular weight excluding hydrogens is 364 g/mol. The second-order valence-electron chi connectivity index (χ2n) is 5.75. The van der Waals surface area contributed by atoms with Crippen molar-refractivity contribution in [2.75, 3.05) is 19.9 Å². The predicted molar refractivity (Wildman–Crippen MR) is 108 cm³/mol. The zero-order valence-electron chi connectivity index (χ0n) is 14.7. The maximum absolute atomic E-state index is 12.4. The number of hydrogen-bond donors (Lipinski definition) is 0. The molecule has 0 unspecified atom stereocenters. The maximum Gasteiger partial charge on any atom is 0.233 e. The van der Waals surface area contributed by atoms with E-state index < -0.39 is 0 Å². The third-order valence-corrected chi connectivity index (χ3v) is 5.88. The van der Waals surface area contributed by atoms with Crippen molar-refractivity contribution in [3.63, 3.8) is 0 Å². The first-order valence-electron chi connectivity index (χ1n) is 8.16. The molecule has 2 aromatic carbocycles. The monoisotopic (exact) mass is 384 g/mol. The first kappa shape index (κ1) is 18.5. The van der Waals surface area contributed by atoms with Gasteiger partial charge in [0.2, 0.25) is 5.91 Å². The van der Waals surface area contributed by atoms with Crippen LogP contribution in [0.25, 0.3) is 11.3 Å². The number of carbonyl (C=O) groups is 1. The van der Waals surface area contributed by atoms with Gasteiger partial charge in [0.1, 0.15) is 5.75 Å². The summed E-state index contributed by atoms with van der Waals surface area (Å²) in [5.74, 6) is 1.28. The number of thioether (sulfide) groups is 1. The number of ether oxygens (including phenoxy) is 1. The molecule has 0 atom stereocenters. The molecule has 0 aliphatic carbocycles. The predicted octanol–water partition coefficient (Wildman–Crippen LogP) is 4.57. The molecule has 0 saturated carbocycles. The standard InChI is InChI=1S/C20H20N2O2S2/c1-22(12-15-8-10-17(24-2)11-9-15)19(23)14-26-20-21-18(13-25-20)16-6-4-3-5-7-16/h3-11,13H,12,14H2,1-2H3. The first-order valence-corrected chi connectivity index (χ1v) is 10.0. The molecule has 0 spiro atoms. The van der Waals surface area contributed by atoms with Crippen molar-refractivity contribution < 1.29 is 9.53 Å². The molecule has 0 fully saturated rings. The fourth-order valence-corrected chi connectivity index (χ4v) is 4.17. The summed E-state index contributed by atoms with van der Waals surface area (Å²) in [7, 11) is 3.47. The lowest BCUT2D eigenvalue weighted by Gasteiger charge is -2.17. The van der Waals surface area contributed by atoms with Gasteiger partial charge in [-0.2, -0.15) is 0 Å². The fraction of sp³-hybridized carbons (Fsp3) is 0.200. The van der Waals surface area contributed by atoms with E-state index in [0.29, 0.717) is 12.3 Å². The SMILES string of the molecule is COc1ccc(CN(C)C(=O)CSc2nc(-c3ccccc3)cs2)cc1. The Balaban J connectivity index is 1.52. The van der Waals surface area contributed by atoms with E-state index in [9.17, 15) is 4.79 Å². The number of benzene rings is 2. The summed E-state index contributed by atoms with van der Waals surface area (Å²) in [6.07, 6.45) is 0. The van der Waals surface area contributed by atoms with E-state index in [1.807, 2.05) is 67.0 Å². The van der Waals surface area contributed by atoms with Crippen molar-refractivity contribution in [3.05, 3.63) is 65.5 Å². The molecule has 0 aliphatic heterocycles. The van der Waals surface area contributed by atoms with Crippen molar-refractivity contribution in [2.24, 2.45) is 0 Å². The highest BCUT2D eigenvalue weighted by molar-refractivity contribution is 8.01. The molecule has 0 bridgehead atoms. The van der Waals surface area contributed by atoms with Crippen LogP contribution in [0, 0.1) is 0 Å². The molecule has 6 heteroatoms. The summed E-state index contributed by atoms with van der Waals surface area (Å²) in [6, 6.07) is 17.8. The lowest BCUT2D eigenvalue weighted by atomic mass is 10.2. The van der Waals surface area contributed by atoms with Gasteiger partial charge in [-0.25, -0.2) is 4.98 Å². The number of aromatic nitrogens is 1. The van der Waals surface area contributed by atoms with Crippen LogP contribution in [0.3, 0.4) is 0 Å². The molecule has 0 N–H and O–H groups in total. The average molecular weight is 385 g/mol. The van der Waals surface area contributed by atoms with Gasteiger partial charge in [-0.1, -0.05) is 54.2 Å². The van der Waals surface area contributed by atoms with E-state index in [4.69, 9.17) is 4.74 Å². The minimum atomic E-state index is 0.0854. The summed E-state index contributed by atoms with van der Waals surface area (Å²) < 4.78 is 6.07. The van der Waals surface area contributed by atoms with Crippen LogP contribution in [-0.2, 0) is 11.3 Å². The summed E-state index contributed by atoms with van der Waals surface area (Å²) >= 11 is 3.06. The number of rotatable bonds is 7. The van der Waals surface area contributed by atoms with Gasteiger partial charge < -0.3 is 9.64 Å². The van der Waals surface area contributed by atoms with E-state index in [-0.39, 0.29) is 5.91 Å². The molecule has 1 amide bonds. The smallest absolute Gasteiger partial charge is 0.233 e. The van der Waals surface area contributed by atoms with E-state index >= 15 is 0 Å². The average Bonchev–Trinajstić information content (AvgIpc) is 3.16. The molecule has 4 nitrogen and oxygen atoms in total. The molecule has 134 valence electrons. The molecular formula is C20H20N2O2S2. The van der Waals surface area contributed by atoms with E-state index in [1.165, 1.54) is 11.8 Å². The third kappa shape index (κ3) is 4.86. The van der Waals surface area contributed by atoms with E-state index in [0.717, 1.165) is 26.9 Å². The highest BCUT2D eigenvalue weighted by Crippen LogP contribution is 2.28. The Hall–Kier alpha value is -2.31. The van der Waals surface area contributed by atoms with Crippen molar-refractivity contribution >= 4 is 29.0 Å². The molecule has 0 saturated heterocycles. The number of hydrogen-bond acceptors (Lipinski definition) is 5. The van der Waals surface area contributed by atoms with Gasteiger partial charge in [0.05, 0.1) is 18.6 Å². The van der Waals surface area contributed by atoms with Crippen LogP contribution < -0.4 is 4.74 Å². The molecule has 3 rings (SSSR count). The van der Waals surface area contributed by atoms with Gasteiger partial charge in [0.25, 0.3) is 0 Å². The van der Waals surface area contributed by atoms with Crippen LogP contribution >= 0.6 is 23.1 Å². The third-order valence-electron chi connectivity index (χ3n) is 3.88. The quantitative estimate of drug-likeness (QED) is 0.560. The number of thiazole rings is 1. The van der Waals surface area contributed by atoms with Crippen LogP contribution in [0.15, 0.2) is 64.3 Å². The Morgan fingerprint density at radius 3 is 2.58 bits per heavy atom. The number of nitrogens with zero attached hydrogens (tertiary/aromatic N) is 2. The summed E-state index contributed by atoms with van der Waals surface area (Å²) in [5.41, 5.74) is 3.13. The molecule has 1 heterocycles. The van der Waals surface area contributed by atoms with Gasteiger partial charge in [0, 0.05) is 24.5 Å². The molecule has 1 aromatic heterocycles. The van der Waals surface area contributed by atoms with E-state index in [2.05, 4.69) is 4.98 Å². The molecule has 3 aromatic rings. The van der Waals surface area contributed by atoms with Crippen molar-refractivity contribution in [1.29, 1.82) is 0 Å². The van der Waals surface area contributed by atoms with Crippen LogP contribution in [0.5, 0.6) is 5.75 Å². The number of amides is 1. The highest BCUT2D eigenvalue weighted by Gasteiger charge is 2.12. The van der Waals surface area contributed by atoms with Gasteiger partial charge in [0.15, 0.2) is 4.34 Å². The number of carbonyl (C=O) groups excluding carboxylic acids is 1. The largest absolute Gasteiger partial charge is 0.497 e. The zero-order chi connectivity index (χ0) is 18.4. The van der Waals surface area contributed by atoms with Crippen LogP contribution in [-0.4, -0.2) is 35.7 Å². The molecule has 26 heavy (non-hydrogen) atoms. The second-order valence-corrected chi connectivity index (χ2v) is 7.83. The van der Waals surface area contributed by atoms with Crippen LogP contribution in [0.1, 0.15) is 5.56 Å². The highest BCUT2D eigenvalue weighted by atomic mass is 32.2. The lowest BCUT2D eigenvalue weighted by Crippen LogP contribution is -2.27. The maximum atomic E-state index is 12.4. The van der Waals surface area contributed by atoms with Gasteiger partial charge in [-0.3, -0.25) is 4.79 Å². The Morgan fingerprint density at radius 1 is 1.15 bits per heavy atom. The minimum Gasteiger partial charge on any atom is -0.497 e. The lowest BCUT2D eigenvalue weighted by molar-refractivity contribution is -0.127. The van der Waals surface area contributed by atoms with Gasteiger partial charge >= 0.3 is 0 Å². The normalized spacial score (nSPS) is 10.5. The van der Waals surface area contributed by atoms with Crippen molar-refractivity contribution in [2.45, 2.75) is 10.9 Å².